The lowest BCUT2D eigenvalue weighted by Crippen LogP contribution is -2.60. The van der Waals surface area contributed by atoms with Crippen molar-refractivity contribution in [3.63, 3.8) is 0 Å². The Balaban J connectivity index is 1.63. The predicted molar refractivity (Wildman–Crippen MR) is 148 cm³/mol. The summed E-state index contributed by atoms with van der Waals surface area (Å²) in [6, 6.07) is 5.91. The Morgan fingerprint density at radius 2 is 1.90 bits per heavy atom. The number of aromatic hydroxyl groups is 1. The minimum atomic E-state index is -2.59. The number of benzene rings is 1. The van der Waals surface area contributed by atoms with E-state index in [1.54, 1.807) is 6.92 Å². The van der Waals surface area contributed by atoms with Crippen molar-refractivity contribution in [1.29, 1.82) is 0 Å². The van der Waals surface area contributed by atoms with Crippen LogP contribution in [0.5, 0.6) is 5.75 Å². The van der Waals surface area contributed by atoms with Crippen molar-refractivity contribution >= 4 is 28.9 Å². The molecule has 1 amide bonds. The summed E-state index contributed by atoms with van der Waals surface area (Å²) in [5, 5.41) is 45.4. The Morgan fingerprint density at radius 1 is 1.20 bits per heavy atom. The molecule has 212 valence electrons. The zero-order valence-electron chi connectivity index (χ0n) is 23.1. The number of phenolic OH excluding ortho intramolecular Hbond substituents is 1. The van der Waals surface area contributed by atoms with Crippen LogP contribution in [0, 0.1) is 11.3 Å². The van der Waals surface area contributed by atoms with Crippen molar-refractivity contribution in [1.82, 2.24) is 4.57 Å². The smallest absolute Gasteiger partial charge is 0.255 e. The summed E-state index contributed by atoms with van der Waals surface area (Å²) >= 11 is 0. The van der Waals surface area contributed by atoms with Gasteiger partial charge in [0.2, 0.25) is 5.78 Å². The number of hydrogen-bond acceptors (Lipinski definition) is 8. The molecule has 0 radical (unpaired) electrons. The molecule has 3 aliphatic rings. The normalized spacial score (nSPS) is 26.0. The molecule has 1 saturated carbocycles. The van der Waals surface area contributed by atoms with Gasteiger partial charge in [0.25, 0.3) is 5.91 Å². The van der Waals surface area contributed by atoms with Gasteiger partial charge in [-0.3, -0.25) is 14.4 Å². The van der Waals surface area contributed by atoms with Gasteiger partial charge < -0.3 is 35.6 Å². The number of nitrogens with zero attached hydrogens (tertiary/aromatic N) is 2. The lowest BCUT2D eigenvalue weighted by atomic mass is 9.53. The van der Waals surface area contributed by atoms with E-state index >= 15 is 0 Å². The molecular formula is C30H35N3O7. The van der Waals surface area contributed by atoms with Crippen LogP contribution >= 0.6 is 0 Å². The number of aryl methyl sites for hydroxylation is 3. The molecule has 0 saturated heterocycles. The fourth-order valence-corrected chi connectivity index (χ4v) is 6.93. The van der Waals surface area contributed by atoms with E-state index in [-0.39, 0.29) is 36.1 Å². The minimum absolute atomic E-state index is 0.0714. The minimum Gasteiger partial charge on any atom is -0.508 e. The van der Waals surface area contributed by atoms with Crippen molar-refractivity contribution in [2.75, 3.05) is 19.0 Å². The number of carbonyl (C=O) groups excluding carboxylic acids is 3. The van der Waals surface area contributed by atoms with Gasteiger partial charge in [0.15, 0.2) is 11.4 Å². The van der Waals surface area contributed by atoms with Crippen LogP contribution in [0.1, 0.15) is 48.6 Å². The lowest BCUT2D eigenvalue weighted by molar-refractivity contribution is -0.150. The summed E-state index contributed by atoms with van der Waals surface area (Å²) in [6.07, 6.45) is 3.95. The monoisotopic (exact) mass is 549 g/mol. The molecule has 0 bridgehead atoms. The van der Waals surface area contributed by atoms with Gasteiger partial charge in [-0.1, -0.05) is 6.92 Å². The number of amides is 1. The number of aliphatic hydroxyl groups is 3. The van der Waals surface area contributed by atoms with Crippen LogP contribution in [-0.4, -0.2) is 62.2 Å². The molecule has 1 aromatic carbocycles. The molecule has 5 rings (SSSR count). The van der Waals surface area contributed by atoms with Crippen molar-refractivity contribution in [2.45, 2.75) is 51.0 Å². The number of rotatable bonds is 6. The number of fused-ring (bicyclic) bond motifs is 3. The average molecular weight is 550 g/mol. The predicted octanol–water partition coefficient (Wildman–Crippen LogP) is 2.39. The number of nitrogens with two attached hydrogens (primary N) is 1. The van der Waals surface area contributed by atoms with Gasteiger partial charge in [-0.2, -0.15) is 0 Å². The van der Waals surface area contributed by atoms with Gasteiger partial charge >= 0.3 is 0 Å². The fraction of sp³-hybridized carbons (Fsp3) is 0.433. The quantitative estimate of drug-likeness (QED) is 0.343. The van der Waals surface area contributed by atoms with Crippen LogP contribution in [0.15, 0.2) is 41.3 Å². The van der Waals surface area contributed by atoms with Crippen molar-refractivity contribution < 1.29 is 34.8 Å². The van der Waals surface area contributed by atoms with Gasteiger partial charge in [0.05, 0.1) is 5.56 Å². The van der Waals surface area contributed by atoms with Gasteiger partial charge in [0, 0.05) is 62.0 Å². The first kappa shape index (κ1) is 27.5. The molecular weight excluding hydrogens is 514 g/mol. The van der Waals surface area contributed by atoms with E-state index in [1.165, 1.54) is 0 Å². The highest BCUT2D eigenvalue weighted by molar-refractivity contribution is 6.23. The van der Waals surface area contributed by atoms with E-state index in [0.29, 0.717) is 17.5 Å². The molecule has 3 aliphatic carbocycles. The second-order valence-electron chi connectivity index (χ2n) is 11.8. The highest BCUT2D eigenvalue weighted by Gasteiger charge is 2.63. The van der Waals surface area contributed by atoms with E-state index in [4.69, 9.17) is 5.73 Å². The lowest BCUT2D eigenvalue weighted by Gasteiger charge is -2.51. The maximum absolute atomic E-state index is 14.0. The summed E-state index contributed by atoms with van der Waals surface area (Å²) in [5.74, 6) is -5.70. The van der Waals surface area contributed by atoms with Crippen LogP contribution < -0.4 is 10.6 Å². The van der Waals surface area contributed by atoms with E-state index in [0.717, 1.165) is 24.2 Å². The first-order valence-corrected chi connectivity index (χ1v) is 13.4. The molecule has 3 atom stereocenters. The average Bonchev–Trinajstić information content (AvgIpc) is 3.26. The van der Waals surface area contributed by atoms with E-state index in [2.05, 4.69) is 0 Å². The third-order valence-electron chi connectivity index (χ3n) is 8.93. The summed E-state index contributed by atoms with van der Waals surface area (Å²) in [4.78, 5) is 40.4. The first-order chi connectivity index (χ1) is 18.7. The first-order valence-electron chi connectivity index (χ1n) is 13.4. The van der Waals surface area contributed by atoms with Crippen LogP contribution in [0.25, 0.3) is 5.76 Å². The summed E-state index contributed by atoms with van der Waals surface area (Å²) in [7, 11) is 5.69. The molecule has 0 spiro atoms. The number of ketones is 2. The molecule has 1 aromatic heterocycles. The number of hydrogen-bond donors (Lipinski definition) is 5. The molecule has 1 fully saturated rings. The van der Waals surface area contributed by atoms with E-state index < -0.39 is 51.5 Å². The number of Topliss-reactive ketones (excluding diaryl/α,β-unsaturated/α-hetero) is 2. The van der Waals surface area contributed by atoms with E-state index in [9.17, 15) is 34.8 Å². The summed E-state index contributed by atoms with van der Waals surface area (Å²) in [5.41, 5.74) is 4.03. The van der Waals surface area contributed by atoms with Crippen molar-refractivity contribution in [2.24, 2.45) is 24.1 Å². The molecule has 10 nitrogen and oxygen atoms in total. The number of primary amides is 1. The highest BCUT2D eigenvalue weighted by atomic mass is 16.3. The van der Waals surface area contributed by atoms with Crippen LogP contribution in [0.4, 0.5) is 5.69 Å². The Hall–Kier alpha value is -4.05. The van der Waals surface area contributed by atoms with Crippen LogP contribution in [0.2, 0.25) is 0 Å². The Morgan fingerprint density at radius 3 is 2.50 bits per heavy atom. The van der Waals surface area contributed by atoms with Crippen molar-refractivity contribution in [3.8, 4) is 5.75 Å². The zero-order valence-corrected chi connectivity index (χ0v) is 23.1. The SMILES string of the molecule is CN(C)c1cc(CCCc2cccn2C)c(O)c2c1C[C@@]1(C)C[C@H]3CC(=O)C(C(N)=O)=C(O)[C@@]3(O)C(=O)C1=C2O. The molecule has 10 heteroatoms. The molecule has 1 heterocycles. The van der Waals surface area contributed by atoms with Gasteiger partial charge in [0.1, 0.15) is 22.8 Å². The summed E-state index contributed by atoms with van der Waals surface area (Å²) < 4.78 is 2.04. The fourth-order valence-electron chi connectivity index (χ4n) is 6.93. The largest absolute Gasteiger partial charge is 0.508 e. The topological polar surface area (TPSA) is 166 Å². The summed E-state index contributed by atoms with van der Waals surface area (Å²) in [6.45, 7) is 1.76. The number of anilines is 1. The Labute approximate surface area is 232 Å². The Bertz CT molecular complexity index is 1530. The number of phenols is 1. The van der Waals surface area contributed by atoms with Crippen molar-refractivity contribution in [3.05, 3.63) is 63.7 Å². The maximum Gasteiger partial charge on any atom is 0.255 e. The molecule has 2 aromatic rings. The zero-order chi connectivity index (χ0) is 29.3. The molecule has 0 aliphatic heterocycles. The maximum atomic E-state index is 14.0. The second kappa shape index (κ2) is 9.26. The van der Waals surface area contributed by atoms with Gasteiger partial charge in [-0.05, 0) is 61.4 Å². The standard InChI is InChI=1S/C30H35N3O7/c1-29-13-16-12-20(34)22(28(31)39)26(37)30(16,40)27(38)23(29)25(36)21-18(14-29)19(32(2)3)11-15(24(21)35)7-5-8-17-9-6-10-33(17)4/h6,9-11,16,35-37,40H,5,7-8,12-14H2,1-4H3,(H2,31,39)/t16-,29-,30-/m1/s1. The second-order valence-corrected chi connectivity index (χ2v) is 11.8. The Kier molecular flexibility index (Phi) is 6.37. The third kappa shape index (κ3) is 3.84. The molecule has 40 heavy (non-hydrogen) atoms. The van der Waals surface area contributed by atoms with Gasteiger partial charge in [-0.25, -0.2) is 0 Å². The molecule has 6 N–H and O–H groups in total. The molecule has 0 unspecified atom stereocenters. The number of aliphatic hydroxyl groups excluding tert-OH is 2. The highest BCUT2D eigenvalue weighted by Crippen LogP contribution is 2.58. The number of aromatic nitrogens is 1. The van der Waals surface area contributed by atoms with E-state index in [1.807, 2.05) is 55.0 Å². The third-order valence-corrected chi connectivity index (χ3v) is 8.93. The van der Waals surface area contributed by atoms with Crippen LogP contribution in [0.3, 0.4) is 0 Å². The van der Waals surface area contributed by atoms with Gasteiger partial charge in [-0.15, -0.1) is 0 Å². The number of carbonyl (C=O) groups is 3. The van der Waals surface area contributed by atoms with Crippen LogP contribution in [-0.2, 0) is 40.7 Å².